The summed E-state index contributed by atoms with van der Waals surface area (Å²) >= 11 is 5.93. The second kappa shape index (κ2) is 5.21. The maximum Gasteiger partial charge on any atom is 0.132 e. The summed E-state index contributed by atoms with van der Waals surface area (Å²) in [6, 6.07) is 0. The number of anilines is 1. The third kappa shape index (κ3) is 3.09. The number of halogens is 1. The van der Waals surface area contributed by atoms with Crippen molar-refractivity contribution in [1.29, 1.82) is 0 Å². The molecule has 3 nitrogen and oxygen atoms in total. The van der Waals surface area contributed by atoms with E-state index in [0.29, 0.717) is 5.88 Å². The fraction of sp³-hybridized carbons (Fsp3) is 0.692. The highest BCUT2D eigenvalue weighted by Crippen LogP contribution is 2.25. The Bertz CT molecular complexity index is 390. The van der Waals surface area contributed by atoms with E-state index in [9.17, 15) is 0 Å². The van der Waals surface area contributed by atoms with Gasteiger partial charge in [-0.05, 0) is 31.1 Å². The number of fused-ring (bicyclic) bond motifs is 1. The Balaban J connectivity index is 2.11. The van der Waals surface area contributed by atoms with Crippen LogP contribution in [-0.4, -0.2) is 22.4 Å². The fourth-order valence-corrected chi connectivity index (χ4v) is 2.14. The van der Waals surface area contributed by atoms with E-state index in [-0.39, 0.29) is 5.41 Å². The Morgan fingerprint density at radius 1 is 1.29 bits per heavy atom. The van der Waals surface area contributed by atoms with Crippen molar-refractivity contribution in [2.45, 2.75) is 39.5 Å². The van der Waals surface area contributed by atoms with Crippen LogP contribution >= 0.6 is 11.6 Å². The van der Waals surface area contributed by atoms with Gasteiger partial charge in [0.1, 0.15) is 12.1 Å². The van der Waals surface area contributed by atoms with Crippen LogP contribution in [0.4, 0.5) is 5.82 Å². The molecular weight excluding hydrogens is 234 g/mol. The molecule has 1 aliphatic rings. The highest BCUT2D eigenvalue weighted by atomic mass is 35.5. The first-order valence-corrected chi connectivity index (χ1v) is 6.78. The maximum absolute atomic E-state index is 5.93. The lowest BCUT2D eigenvalue weighted by Crippen LogP contribution is -2.26. The summed E-state index contributed by atoms with van der Waals surface area (Å²) in [5.74, 6) is 1.65. The van der Waals surface area contributed by atoms with Gasteiger partial charge in [0.05, 0.1) is 0 Å². The number of aryl methyl sites for hydroxylation is 1. The molecule has 1 aliphatic carbocycles. The lowest BCUT2D eigenvalue weighted by Gasteiger charge is -2.24. The van der Waals surface area contributed by atoms with Crippen LogP contribution in [-0.2, 0) is 12.8 Å². The summed E-state index contributed by atoms with van der Waals surface area (Å²) < 4.78 is 0. The summed E-state index contributed by atoms with van der Waals surface area (Å²) in [6.07, 6.45) is 6.34. The van der Waals surface area contributed by atoms with E-state index in [4.69, 9.17) is 11.6 Å². The standard InChI is InChI=1S/C13H20ClN3/c1-13(2,7-14)8-15-12-10-5-3-4-6-11(10)16-9-17-12/h9H,3-8H2,1-2H3,(H,15,16,17). The summed E-state index contributed by atoms with van der Waals surface area (Å²) in [5, 5.41) is 3.43. The van der Waals surface area contributed by atoms with Gasteiger partial charge in [-0.1, -0.05) is 13.8 Å². The second-order valence-electron chi connectivity index (χ2n) is 5.51. The molecular formula is C13H20ClN3. The Kier molecular flexibility index (Phi) is 3.87. The van der Waals surface area contributed by atoms with Crippen LogP contribution in [0.2, 0.25) is 0 Å². The lowest BCUT2D eigenvalue weighted by atomic mass is 9.94. The van der Waals surface area contributed by atoms with E-state index in [0.717, 1.165) is 25.2 Å². The molecule has 0 aromatic carbocycles. The minimum Gasteiger partial charge on any atom is -0.369 e. The van der Waals surface area contributed by atoms with E-state index >= 15 is 0 Å². The number of hydrogen-bond donors (Lipinski definition) is 1. The normalized spacial score (nSPS) is 15.5. The molecule has 0 unspecified atom stereocenters. The van der Waals surface area contributed by atoms with Gasteiger partial charge in [0.2, 0.25) is 0 Å². The van der Waals surface area contributed by atoms with Gasteiger partial charge < -0.3 is 5.32 Å². The van der Waals surface area contributed by atoms with Crippen LogP contribution in [0.1, 0.15) is 37.9 Å². The lowest BCUT2D eigenvalue weighted by molar-refractivity contribution is 0.449. The zero-order chi connectivity index (χ0) is 12.3. The fourth-order valence-electron chi connectivity index (χ4n) is 2.04. The molecule has 0 bridgehead atoms. The van der Waals surface area contributed by atoms with E-state index < -0.39 is 0 Å². The molecule has 0 aliphatic heterocycles. The highest BCUT2D eigenvalue weighted by Gasteiger charge is 2.19. The van der Waals surface area contributed by atoms with Crippen molar-refractivity contribution >= 4 is 17.4 Å². The van der Waals surface area contributed by atoms with E-state index in [1.54, 1.807) is 6.33 Å². The highest BCUT2D eigenvalue weighted by molar-refractivity contribution is 6.18. The van der Waals surface area contributed by atoms with Crippen molar-refractivity contribution in [3.63, 3.8) is 0 Å². The average Bonchev–Trinajstić information content (AvgIpc) is 2.36. The topological polar surface area (TPSA) is 37.8 Å². The molecule has 0 atom stereocenters. The predicted molar refractivity (Wildman–Crippen MR) is 71.7 cm³/mol. The van der Waals surface area contributed by atoms with Gasteiger partial charge in [-0.15, -0.1) is 11.6 Å². The Morgan fingerprint density at radius 2 is 2.06 bits per heavy atom. The summed E-state index contributed by atoms with van der Waals surface area (Å²) in [7, 11) is 0. The molecule has 1 aromatic rings. The molecule has 0 spiro atoms. The number of rotatable bonds is 4. The van der Waals surface area contributed by atoms with E-state index in [2.05, 4.69) is 29.1 Å². The molecule has 0 amide bonds. The maximum atomic E-state index is 5.93. The quantitative estimate of drug-likeness (QED) is 0.839. The first kappa shape index (κ1) is 12.6. The third-order valence-corrected chi connectivity index (χ3v) is 3.94. The van der Waals surface area contributed by atoms with Crippen LogP contribution in [0.3, 0.4) is 0 Å². The molecule has 2 rings (SSSR count). The zero-order valence-electron chi connectivity index (χ0n) is 10.6. The number of nitrogens with zero attached hydrogens (tertiary/aromatic N) is 2. The van der Waals surface area contributed by atoms with Crippen molar-refractivity contribution < 1.29 is 0 Å². The molecule has 17 heavy (non-hydrogen) atoms. The Morgan fingerprint density at radius 3 is 2.82 bits per heavy atom. The predicted octanol–water partition coefficient (Wildman–Crippen LogP) is 3.03. The third-order valence-electron chi connectivity index (χ3n) is 3.22. The number of hydrogen-bond acceptors (Lipinski definition) is 3. The van der Waals surface area contributed by atoms with Gasteiger partial charge in [-0.3, -0.25) is 0 Å². The second-order valence-corrected chi connectivity index (χ2v) is 5.77. The van der Waals surface area contributed by atoms with Gasteiger partial charge in [0.15, 0.2) is 0 Å². The van der Waals surface area contributed by atoms with Crippen molar-refractivity contribution in [3.8, 4) is 0 Å². The van der Waals surface area contributed by atoms with Crippen molar-refractivity contribution in [3.05, 3.63) is 17.6 Å². The van der Waals surface area contributed by atoms with Gasteiger partial charge in [-0.25, -0.2) is 9.97 Å². The molecule has 0 saturated heterocycles. The molecule has 94 valence electrons. The van der Waals surface area contributed by atoms with Crippen LogP contribution in [0.25, 0.3) is 0 Å². The van der Waals surface area contributed by atoms with Crippen molar-refractivity contribution in [2.75, 3.05) is 17.7 Å². The minimum absolute atomic E-state index is 0.0913. The average molecular weight is 254 g/mol. The van der Waals surface area contributed by atoms with Gasteiger partial charge >= 0.3 is 0 Å². The smallest absolute Gasteiger partial charge is 0.132 e. The van der Waals surface area contributed by atoms with Crippen LogP contribution in [0, 0.1) is 5.41 Å². The molecule has 1 N–H and O–H groups in total. The van der Waals surface area contributed by atoms with Gasteiger partial charge in [0.25, 0.3) is 0 Å². The zero-order valence-corrected chi connectivity index (χ0v) is 11.3. The monoisotopic (exact) mass is 253 g/mol. The number of nitrogens with one attached hydrogen (secondary N) is 1. The van der Waals surface area contributed by atoms with Crippen molar-refractivity contribution in [1.82, 2.24) is 9.97 Å². The van der Waals surface area contributed by atoms with Crippen molar-refractivity contribution in [2.24, 2.45) is 5.41 Å². The number of aromatic nitrogens is 2. The molecule has 0 saturated carbocycles. The summed E-state index contributed by atoms with van der Waals surface area (Å²) in [5.41, 5.74) is 2.62. The molecule has 0 fully saturated rings. The Labute approximate surface area is 108 Å². The summed E-state index contributed by atoms with van der Waals surface area (Å²) in [6.45, 7) is 5.15. The van der Waals surface area contributed by atoms with Crippen LogP contribution < -0.4 is 5.32 Å². The van der Waals surface area contributed by atoms with E-state index in [1.807, 2.05) is 0 Å². The first-order valence-electron chi connectivity index (χ1n) is 6.25. The molecule has 0 radical (unpaired) electrons. The molecule has 1 heterocycles. The Hall–Kier alpha value is -0.830. The first-order chi connectivity index (χ1) is 8.12. The SMILES string of the molecule is CC(C)(CCl)CNc1ncnc2c1CCCC2. The molecule has 4 heteroatoms. The largest absolute Gasteiger partial charge is 0.369 e. The van der Waals surface area contributed by atoms with Crippen LogP contribution in [0.15, 0.2) is 6.33 Å². The minimum atomic E-state index is 0.0913. The number of alkyl halides is 1. The van der Waals surface area contributed by atoms with E-state index in [1.165, 1.54) is 24.1 Å². The van der Waals surface area contributed by atoms with Gasteiger partial charge in [0, 0.05) is 23.7 Å². The van der Waals surface area contributed by atoms with Crippen LogP contribution in [0.5, 0.6) is 0 Å². The van der Waals surface area contributed by atoms with Gasteiger partial charge in [-0.2, -0.15) is 0 Å². The molecule has 1 aromatic heterocycles. The summed E-state index contributed by atoms with van der Waals surface area (Å²) in [4.78, 5) is 8.73.